The first kappa shape index (κ1) is 15.2. The van der Waals surface area contributed by atoms with Gasteiger partial charge in [0.05, 0.1) is 12.3 Å². The number of carbonyl (C=O) groups is 1. The smallest absolute Gasteiger partial charge is 0.265 e. The first-order chi connectivity index (χ1) is 11.2. The summed E-state index contributed by atoms with van der Waals surface area (Å²) in [4.78, 5) is 13.8. The van der Waals surface area contributed by atoms with E-state index in [-0.39, 0.29) is 12.5 Å². The molecule has 2 N–H and O–H groups in total. The van der Waals surface area contributed by atoms with Crippen molar-refractivity contribution in [1.82, 2.24) is 0 Å². The summed E-state index contributed by atoms with van der Waals surface area (Å²) in [6.45, 7) is 1.35. The minimum atomic E-state index is -0.0351. The molecule has 5 heteroatoms. The third-order valence-electron chi connectivity index (χ3n) is 3.71. The van der Waals surface area contributed by atoms with Gasteiger partial charge in [-0.25, -0.2) is 0 Å². The maximum Gasteiger partial charge on any atom is 0.265 e. The number of ether oxygens (including phenoxy) is 2. The molecular weight excluding hydrogens is 292 g/mol. The lowest BCUT2D eigenvalue weighted by molar-refractivity contribution is -0.121. The molecule has 1 aliphatic rings. The van der Waals surface area contributed by atoms with Crippen LogP contribution in [0.5, 0.6) is 11.5 Å². The zero-order chi connectivity index (χ0) is 16.1. The fraction of sp³-hybridized carbons (Fsp3) is 0.278. The predicted molar refractivity (Wildman–Crippen MR) is 89.9 cm³/mol. The SMILES string of the molecule is Nc1ccc2c(c1)N(CCCCOc1ccccc1)C(=O)CO2. The Kier molecular flexibility index (Phi) is 4.66. The number of fused-ring (bicyclic) bond motifs is 1. The summed E-state index contributed by atoms with van der Waals surface area (Å²) >= 11 is 0. The summed E-state index contributed by atoms with van der Waals surface area (Å²) in [5, 5.41) is 0. The number of para-hydroxylation sites is 1. The Hall–Kier alpha value is -2.69. The van der Waals surface area contributed by atoms with E-state index in [1.54, 1.807) is 17.0 Å². The van der Waals surface area contributed by atoms with E-state index in [1.165, 1.54) is 0 Å². The van der Waals surface area contributed by atoms with Crippen LogP contribution in [0.3, 0.4) is 0 Å². The second-order valence-corrected chi connectivity index (χ2v) is 5.43. The van der Waals surface area contributed by atoms with Crippen LogP contribution in [0, 0.1) is 0 Å². The fourth-order valence-corrected chi connectivity index (χ4v) is 2.54. The third kappa shape index (κ3) is 3.74. The minimum absolute atomic E-state index is 0.0351. The molecule has 0 saturated carbocycles. The van der Waals surface area contributed by atoms with Crippen molar-refractivity contribution in [3.05, 3.63) is 48.5 Å². The normalized spacial score (nSPS) is 13.4. The van der Waals surface area contributed by atoms with Crippen molar-refractivity contribution in [2.75, 3.05) is 30.4 Å². The first-order valence-corrected chi connectivity index (χ1v) is 7.74. The number of hydrogen-bond acceptors (Lipinski definition) is 4. The van der Waals surface area contributed by atoms with E-state index in [0.29, 0.717) is 24.6 Å². The van der Waals surface area contributed by atoms with Gasteiger partial charge in [-0.3, -0.25) is 4.79 Å². The molecule has 1 amide bonds. The van der Waals surface area contributed by atoms with Crippen molar-refractivity contribution in [2.45, 2.75) is 12.8 Å². The van der Waals surface area contributed by atoms with Gasteiger partial charge in [0.2, 0.25) is 0 Å². The molecule has 0 atom stereocenters. The van der Waals surface area contributed by atoms with E-state index in [0.717, 1.165) is 24.3 Å². The highest BCUT2D eigenvalue weighted by molar-refractivity contribution is 5.98. The van der Waals surface area contributed by atoms with Crippen molar-refractivity contribution in [3.63, 3.8) is 0 Å². The van der Waals surface area contributed by atoms with Crippen LogP contribution in [-0.2, 0) is 4.79 Å². The Morgan fingerprint density at radius 2 is 1.96 bits per heavy atom. The molecule has 0 unspecified atom stereocenters. The van der Waals surface area contributed by atoms with Gasteiger partial charge < -0.3 is 20.1 Å². The van der Waals surface area contributed by atoms with Crippen LogP contribution < -0.4 is 20.1 Å². The zero-order valence-electron chi connectivity index (χ0n) is 12.9. The molecule has 1 heterocycles. The summed E-state index contributed by atoms with van der Waals surface area (Å²) in [5.74, 6) is 1.54. The van der Waals surface area contributed by atoms with E-state index >= 15 is 0 Å². The lowest BCUT2D eigenvalue weighted by Gasteiger charge is -2.29. The first-order valence-electron chi connectivity index (χ1n) is 7.74. The second kappa shape index (κ2) is 7.05. The molecule has 3 rings (SSSR count). The largest absolute Gasteiger partial charge is 0.494 e. The average molecular weight is 312 g/mol. The van der Waals surface area contributed by atoms with Gasteiger partial charge in [-0.1, -0.05) is 18.2 Å². The van der Waals surface area contributed by atoms with Crippen LogP contribution in [0.15, 0.2) is 48.5 Å². The molecule has 0 bridgehead atoms. The summed E-state index contributed by atoms with van der Waals surface area (Å²) in [5.41, 5.74) is 7.20. The zero-order valence-corrected chi connectivity index (χ0v) is 12.9. The highest BCUT2D eigenvalue weighted by Gasteiger charge is 2.25. The number of carbonyl (C=O) groups excluding carboxylic acids is 1. The van der Waals surface area contributed by atoms with Gasteiger partial charge in [0, 0.05) is 12.2 Å². The molecule has 0 aliphatic carbocycles. The molecule has 2 aromatic carbocycles. The summed E-state index contributed by atoms with van der Waals surface area (Å²) in [7, 11) is 0. The van der Waals surface area contributed by atoms with Gasteiger partial charge in [0.15, 0.2) is 6.61 Å². The highest BCUT2D eigenvalue weighted by Crippen LogP contribution is 2.33. The lowest BCUT2D eigenvalue weighted by atomic mass is 10.2. The number of benzene rings is 2. The summed E-state index contributed by atoms with van der Waals surface area (Å²) in [6, 6.07) is 15.1. The van der Waals surface area contributed by atoms with Gasteiger partial charge in [-0.15, -0.1) is 0 Å². The van der Waals surface area contributed by atoms with Gasteiger partial charge in [0.25, 0.3) is 5.91 Å². The Bertz CT molecular complexity index is 673. The van der Waals surface area contributed by atoms with E-state index in [1.807, 2.05) is 36.4 Å². The predicted octanol–water partition coefficient (Wildman–Crippen LogP) is 2.85. The van der Waals surface area contributed by atoms with E-state index in [2.05, 4.69) is 0 Å². The van der Waals surface area contributed by atoms with Crippen LogP contribution in [0.1, 0.15) is 12.8 Å². The average Bonchev–Trinajstić information content (AvgIpc) is 2.57. The van der Waals surface area contributed by atoms with Crippen LogP contribution >= 0.6 is 0 Å². The monoisotopic (exact) mass is 312 g/mol. The van der Waals surface area contributed by atoms with Crippen molar-refractivity contribution >= 4 is 17.3 Å². The number of nitrogens with zero attached hydrogens (tertiary/aromatic N) is 1. The topological polar surface area (TPSA) is 64.8 Å². The second-order valence-electron chi connectivity index (χ2n) is 5.43. The van der Waals surface area contributed by atoms with Crippen molar-refractivity contribution < 1.29 is 14.3 Å². The number of nitrogen functional groups attached to an aromatic ring is 1. The van der Waals surface area contributed by atoms with E-state index < -0.39 is 0 Å². The van der Waals surface area contributed by atoms with Gasteiger partial charge in [-0.2, -0.15) is 0 Å². The number of unbranched alkanes of at least 4 members (excludes halogenated alkanes) is 1. The van der Waals surface area contributed by atoms with E-state index in [4.69, 9.17) is 15.2 Å². The minimum Gasteiger partial charge on any atom is -0.494 e. The summed E-state index contributed by atoms with van der Waals surface area (Å²) in [6.07, 6.45) is 1.73. The highest BCUT2D eigenvalue weighted by atomic mass is 16.5. The molecule has 0 spiro atoms. The number of rotatable bonds is 6. The third-order valence-corrected chi connectivity index (χ3v) is 3.71. The molecule has 1 aliphatic heterocycles. The van der Waals surface area contributed by atoms with E-state index in [9.17, 15) is 4.79 Å². The maximum absolute atomic E-state index is 12.1. The van der Waals surface area contributed by atoms with Crippen LogP contribution in [0.4, 0.5) is 11.4 Å². The Morgan fingerprint density at radius 1 is 1.13 bits per heavy atom. The molecule has 0 saturated heterocycles. The number of anilines is 2. The number of nitrogens with two attached hydrogens (primary N) is 1. The van der Waals surface area contributed by atoms with Gasteiger partial charge in [-0.05, 0) is 43.2 Å². The van der Waals surface area contributed by atoms with Crippen LogP contribution in [-0.4, -0.2) is 25.7 Å². The fourth-order valence-electron chi connectivity index (χ4n) is 2.54. The number of amides is 1. The molecule has 0 radical (unpaired) electrons. The molecule has 5 nitrogen and oxygen atoms in total. The Labute approximate surface area is 135 Å². The molecule has 0 fully saturated rings. The molecule has 120 valence electrons. The van der Waals surface area contributed by atoms with Gasteiger partial charge in [0.1, 0.15) is 11.5 Å². The maximum atomic E-state index is 12.1. The molecule has 0 aromatic heterocycles. The van der Waals surface area contributed by atoms with Crippen molar-refractivity contribution in [1.29, 1.82) is 0 Å². The van der Waals surface area contributed by atoms with Crippen LogP contribution in [0.2, 0.25) is 0 Å². The Morgan fingerprint density at radius 3 is 2.78 bits per heavy atom. The molecular formula is C18H20N2O3. The quantitative estimate of drug-likeness (QED) is 0.658. The lowest BCUT2D eigenvalue weighted by Crippen LogP contribution is -2.39. The Balaban J connectivity index is 1.52. The molecule has 23 heavy (non-hydrogen) atoms. The molecule has 2 aromatic rings. The van der Waals surface area contributed by atoms with Gasteiger partial charge >= 0.3 is 0 Å². The van der Waals surface area contributed by atoms with Crippen molar-refractivity contribution in [3.8, 4) is 11.5 Å². The van der Waals surface area contributed by atoms with Crippen molar-refractivity contribution in [2.24, 2.45) is 0 Å². The standard InChI is InChI=1S/C18H20N2O3/c19-14-8-9-17-16(12-14)20(18(21)13-23-17)10-4-5-11-22-15-6-2-1-3-7-15/h1-3,6-9,12H,4-5,10-11,13,19H2. The van der Waals surface area contributed by atoms with Crippen LogP contribution in [0.25, 0.3) is 0 Å². The summed E-state index contributed by atoms with van der Waals surface area (Å²) < 4.78 is 11.1. The number of hydrogen-bond donors (Lipinski definition) is 1.